The molecular formula is C25H22N2O2. The molecule has 0 heterocycles. The minimum absolute atomic E-state index is 0.182. The molecule has 2 amide bonds. The lowest BCUT2D eigenvalue weighted by Gasteiger charge is -2.10. The molecule has 0 saturated heterocycles. The summed E-state index contributed by atoms with van der Waals surface area (Å²) in [5.74, 6) is -0.685. The molecule has 0 radical (unpaired) electrons. The quantitative estimate of drug-likeness (QED) is 0.472. The minimum atomic E-state index is -0.351. The van der Waals surface area contributed by atoms with Gasteiger partial charge in [0.2, 0.25) is 0 Å². The Balaban J connectivity index is 1.74. The Bertz CT molecular complexity index is 995. The molecule has 0 atom stereocenters. The molecule has 0 aliphatic heterocycles. The van der Waals surface area contributed by atoms with Crippen LogP contribution >= 0.6 is 0 Å². The molecule has 29 heavy (non-hydrogen) atoms. The molecule has 0 aliphatic rings. The average molecular weight is 382 g/mol. The number of nitrogens with one attached hydrogen (secondary N) is 2. The highest BCUT2D eigenvalue weighted by atomic mass is 16.2. The van der Waals surface area contributed by atoms with E-state index in [0.29, 0.717) is 12.1 Å². The molecule has 0 aromatic heterocycles. The predicted octanol–water partition coefficient (Wildman–Crippen LogP) is 4.33. The van der Waals surface area contributed by atoms with Gasteiger partial charge in [-0.2, -0.15) is 0 Å². The van der Waals surface area contributed by atoms with Crippen LogP contribution in [0, 0.1) is 0 Å². The first-order valence-electron chi connectivity index (χ1n) is 9.34. The van der Waals surface area contributed by atoms with Gasteiger partial charge in [-0.15, -0.1) is 0 Å². The van der Waals surface area contributed by atoms with Crippen LogP contribution in [0.2, 0.25) is 0 Å². The van der Waals surface area contributed by atoms with Gasteiger partial charge in [-0.05, 0) is 29.3 Å². The van der Waals surface area contributed by atoms with Crippen molar-refractivity contribution in [2.75, 3.05) is 0 Å². The molecule has 0 spiro atoms. The lowest BCUT2D eigenvalue weighted by atomic mass is 10.2. The Morgan fingerprint density at radius 1 is 0.759 bits per heavy atom. The highest BCUT2D eigenvalue weighted by Gasteiger charge is 2.13. The summed E-state index contributed by atoms with van der Waals surface area (Å²) in [6.45, 7) is 0.376. The van der Waals surface area contributed by atoms with Gasteiger partial charge in [0.1, 0.15) is 5.70 Å². The Kier molecular flexibility index (Phi) is 7.13. The normalized spacial score (nSPS) is 11.2. The van der Waals surface area contributed by atoms with E-state index in [0.717, 1.165) is 11.1 Å². The third-order valence-electron chi connectivity index (χ3n) is 4.18. The summed E-state index contributed by atoms with van der Waals surface area (Å²) in [7, 11) is 0. The minimum Gasteiger partial charge on any atom is -0.347 e. The van der Waals surface area contributed by atoms with Gasteiger partial charge in [-0.1, -0.05) is 91.0 Å². The molecule has 144 valence electrons. The van der Waals surface area contributed by atoms with Gasteiger partial charge in [0.15, 0.2) is 0 Å². The van der Waals surface area contributed by atoms with Crippen molar-refractivity contribution >= 4 is 17.9 Å². The third kappa shape index (κ3) is 6.33. The fourth-order valence-corrected chi connectivity index (χ4v) is 2.65. The Morgan fingerprint density at radius 2 is 1.34 bits per heavy atom. The predicted molar refractivity (Wildman–Crippen MR) is 116 cm³/mol. The maximum atomic E-state index is 12.7. The summed E-state index contributed by atoms with van der Waals surface area (Å²) < 4.78 is 0. The number of carbonyl (C=O) groups is 2. The maximum Gasteiger partial charge on any atom is 0.268 e. The van der Waals surface area contributed by atoms with Crippen LogP contribution in [0.25, 0.3) is 6.08 Å². The van der Waals surface area contributed by atoms with Crippen LogP contribution in [0.4, 0.5) is 0 Å². The molecular weight excluding hydrogens is 360 g/mol. The summed E-state index contributed by atoms with van der Waals surface area (Å²) in [6.07, 6.45) is 5.23. The van der Waals surface area contributed by atoms with Gasteiger partial charge in [0.25, 0.3) is 11.8 Å². The second kappa shape index (κ2) is 10.4. The van der Waals surface area contributed by atoms with Crippen molar-refractivity contribution in [3.63, 3.8) is 0 Å². The van der Waals surface area contributed by atoms with E-state index in [-0.39, 0.29) is 17.5 Å². The van der Waals surface area contributed by atoms with E-state index >= 15 is 0 Å². The van der Waals surface area contributed by atoms with Crippen molar-refractivity contribution in [2.24, 2.45) is 0 Å². The summed E-state index contributed by atoms with van der Waals surface area (Å²) in [4.78, 5) is 25.2. The van der Waals surface area contributed by atoms with E-state index in [2.05, 4.69) is 10.6 Å². The lowest BCUT2D eigenvalue weighted by molar-refractivity contribution is -0.118. The molecule has 0 bridgehead atoms. The van der Waals surface area contributed by atoms with Crippen LogP contribution in [0.5, 0.6) is 0 Å². The molecule has 0 saturated carbocycles. The first-order chi connectivity index (χ1) is 14.2. The summed E-state index contributed by atoms with van der Waals surface area (Å²) in [5, 5.41) is 5.56. The number of hydrogen-bond acceptors (Lipinski definition) is 2. The highest BCUT2D eigenvalue weighted by Crippen LogP contribution is 2.05. The molecule has 4 nitrogen and oxygen atoms in total. The number of rotatable bonds is 7. The topological polar surface area (TPSA) is 58.2 Å². The zero-order valence-corrected chi connectivity index (χ0v) is 15.9. The van der Waals surface area contributed by atoms with Gasteiger partial charge >= 0.3 is 0 Å². The standard InChI is InChI=1S/C25H22N2O2/c28-24(22-16-8-3-9-17-22)27-23(18-10-15-20-11-4-1-5-12-20)25(29)26-19-21-13-6-2-7-14-21/h1-18H,19H2,(H,26,29)(H,27,28)/b15-10+,23-18-. The molecule has 4 heteroatoms. The molecule has 2 N–H and O–H groups in total. The first-order valence-corrected chi connectivity index (χ1v) is 9.34. The number of carbonyl (C=O) groups excluding carboxylic acids is 2. The highest BCUT2D eigenvalue weighted by molar-refractivity contribution is 6.03. The van der Waals surface area contributed by atoms with Crippen molar-refractivity contribution in [3.05, 3.63) is 126 Å². The molecule has 0 unspecified atom stereocenters. The van der Waals surface area contributed by atoms with Crippen molar-refractivity contribution in [1.29, 1.82) is 0 Å². The number of hydrogen-bond donors (Lipinski definition) is 2. The van der Waals surface area contributed by atoms with Crippen molar-refractivity contribution < 1.29 is 9.59 Å². The Labute approximate surface area is 170 Å². The maximum absolute atomic E-state index is 12.7. The summed E-state index contributed by atoms with van der Waals surface area (Å²) in [5.41, 5.74) is 2.65. The van der Waals surface area contributed by atoms with Crippen molar-refractivity contribution in [3.8, 4) is 0 Å². The van der Waals surface area contributed by atoms with Gasteiger partial charge in [-0.25, -0.2) is 0 Å². The Morgan fingerprint density at radius 3 is 2.00 bits per heavy atom. The summed E-state index contributed by atoms with van der Waals surface area (Å²) >= 11 is 0. The van der Waals surface area contributed by atoms with E-state index in [4.69, 9.17) is 0 Å². The second-order valence-corrected chi connectivity index (χ2v) is 6.34. The van der Waals surface area contributed by atoms with Crippen molar-refractivity contribution in [2.45, 2.75) is 6.54 Å². The fourth-order valence-electron chi connectivity index (χ4n) is 2.65. The van der Waals surface area contributed by atoms with Gasteiger partial charge in [0, 0.05) is 12.1 Å². The van der Waals surface area contributed by atoms with Crippen LogP contribution in [-0.4, -0.2) is 11.8 Å². The number of amides is 2. The van der Waals surface area contributed by atoms with Crippen LogP contribution in [0.1, 0.15) is 21.5 Å². The van der Waals surface area contributed by atoms with E-state index in [1.165, 1.54) is 0 Å². The van der Waals surface area contributed by atoms with Crippen LogP contribution in [0.3, 0.4) is 0 Å². The zero-order valence-electron chi connectivity index (χ0n) is 15.9. The molecule has 3 aromatic rings. The van der Waals surface area contributed by atoms with Crippen LogP contribution < -0.4 is 10.6 Å². The molecule has 3 aromatic carbocycles. The Hall–Kier alpha value is -3.92. The summed E-state index contributed by atoms with van der Waals surface area (Å²) in [6, 6.07) is 28.2. The second-order valence-electron chi connectivity index (χ2n) is 6.34. The largest absolute Gasteiger partial charge is 0.347 e. The van der Waals surface area contributed by atoms with E-state index in [9.17, 15) is 9.59 Å². The molecule has 0 fully saturated rings. The van der Waals surface area contributed by atoms with E-state index in [1.54, 1.807) is 36.4 Å². The monoisotopic (exact) mass is 382 g/mol. The molecule has 3 rings (SSSR count). The van der Waals surface area contributed by atoms with Crippen LogP contribution in [0.15, 0.2) is 109 Å². The number of allylic oxidation sites excluding steroid dienone is 2. The van der Waals surface area contributed by atoms with E-state index < -0.39 is 0 Å². The zero-order chi connectivity index (χ0) is 20.3. The molecule has 0 aliphatic carbocycles. The van der Waals surface area contributed by atoms with Gasteiger partial charge in [-0.3, -0.25) is 9.59 Å². The van der Waals surface area contributed by atoms with Crippen molar-refractivity contribution in [1.82, 2.24) is 10.6 Å². The van der Waals surface area contributed by atoms with Gasteiger partial charge in [0.05, 0.1) is 0 Å². The average Bonchev–Trinajstić information content (AvgIpc) is 2.78. The SMILES string of the molecule is O=C(NCc1ccccc1)/C(=C/C=C/c1ccccc1)NC(=O)c1ccccc1. The number of benzene rings is 3. The first kappa shape index (κ1) is 19.8. The van der Waals surface area contributed by atoms with E-state index in [1.807, 2.05) is 72.8 Å². The van der Waals surface area contributed by atoms with Gasteiger partial charge < -0.3 is 10.6 Å². The smallest absolute Gasteiger partial charge is 0.268 e. The van der Waals surface area contributed by atoms with Crippen LogP contribution in [-0.2, 0) is 11.3 Å². The third-order valence-corrected chi connectivity index (χ3v) is 4.18. The lowest BCUT2D eigenvalue weighted by Crippen LogP contribution is -2.34. The fraction of sp³-hybridized carbons (Fsp3) is 0.0400.